The lowest BCUT2D eigenvalue weighted by molar-refractivity contribution is 0.149. The standard InChI is InChI=1S/C13H21NOS/c1-3-15-8-5-9-16-13-7-4-6-12(10-13)11(2)14/h4,6-7,10-11H,3,5,8-9,14H2,1-2H3. The van der Waals surface area contributed by atoms with Gasteiger partial charge in [0.2, 0.25) is 0 Å². The van der Waals surface area contributed by atoms with Gasteiger partial charge in [0.25, 0.3) is 0 Å². The number of ether oxygens (including phenoxy) is 1. The fourth-order valence-corrected chi connectivity index (χ4v) is 2.28. The molecule has 0 heterocycles. The van der Waals surface area contributed by atoms with Crippen LogP contribution in [-0.4, -0.2) is 19.0 Å². The van der Waals surface area contributed by atoms with E-state index in [0.29, 0.717) is 0 Å². The molecule has 0 aliphatic carbocycles. The molecule has 1 aromatic carbocycles. The molecule has 3 heteroatoms. The van der Waals surface area contributed by atoms with E-state index in [9.17, 15) is 0 Å². The van der Waals surface area contributed by atoms with Crippen LogP contribution in [0.3, 0.4) is 0 Å². The third-order valence-electron chi connectivity index (χ3n) is 2.29. The Labute approximate surface area is 103 Å². The van der Waals surface area contributed by atoms with Crippen molar-refractivity contribution in [2.45, 2.75) is 31.2 Å². The molecular weight excluding hydrogens is 218 g/mol. The number of hydrogen-bond donors (Lipinski definition) is 1. The van der Waals surface area contributed by atoms with Crippen molar-refractivity contribution >= 4 is 11.8 Å². The van der Waals surface area contributed by atoms with Gasteiger partial charge in [0.15, 0.2) is 0 Å². The predicted octanol–water partition coefficient (Wildman–Crippen LogP) is 3.23. The fourth-order valence-electron chi connectivity index (χ4n) is 1.38. The Bertz CT molecular complexity index is 302. The maximum Gasteiger partial charge on any atom is 0.0473 e. The third-order valence-corrected chi connectivity index (χ3v) is 3.37. The monoisotopic (exact) mass is 239 g/mol. The van der Waals surface area contributed by atoms with Crippen LogP contribution in [0.2, 0.25) is 0 Å². The van der Waals surface area contributed by atoms with Crippen molar-refractivity contribution in [1.29, 1.82) is 0 Å². The minimum Gasteiger partial charge on any atom is -0.382 e. The van der Waals surface area contributed by atoms with Gasteiger partial charge in [-0.1, -0.05) is 12.1 Å². The van der Waals surface area contributed by atoms with Gasteiger partial charge in [0.05, 0.1) is 0 Å². The van der Waals surface area contributed by atoms with Gasteiger partial charge in [-0.25, -0.2) is 0 Å². The van der Waals surface area contributed by atoms with E-state index in [-0.39, 0.29) is 6.04 Å². The Morgan fingerprint density at radius 2 is 2.25 bits per heavy atom. The highest BCUT2D eigenvalue weighted by molar-refractivity contribution is 7.99. The summed E-state index contributed by atoms with van der Waals surface area (Å²) < 4.78 is 5.30. The molecule has 0 bridgehead atoms. The molecule has 1 atom stereocenters. The molecule has 1 aromatic rings. The first-order valence-electron chi connectivity index (χ1n) is 5.80. The van der Waals surface area contributed by atoms with E-state index in [4.69, 9.17) is 10.5 Å². The first-order chi connectivity index (χ1) is 7.74. The molecule has 0 amide bonds. The van der Waals surface area contributed by atoms with Crippen molar-refractivity contribution in [1.82, 2.24) is 0 Å². The van der Waals surface area contributed by atoms with Crippen molar-refractivity contribution in [2.75, 3.05) is 19.0 Å². The second-order valence-electron chi connectivity index (χ2n) is 3.76. The van der Waals surface area contributed by atoms with Crippen LogP contribution in [0.25, 0.3) is 0 Å². The molecule has 0 fully saturated rings. The molecular formula is C13H21NOS. The molecule has 0 spiro atoms. The fraction of sp³-hybridized carbons (Fsp3) is 0.538. The summed E-state index contributed by atoms with van der Waals surface area (Å²) in [4.78, 5) is 1.30. The number of thioether (sulfide) groups is 1. The Kier molecular flexibility index (Phi) is 6.53. The van der Waals surface area contributed by atoms with Crippen molar-refractivity contribution < 1.29 is 4.74 Å². The maximum atomic E-state index is 5.85. The lowest BCUT2D eigenvalue weighted by atomic mass is 10.1. The second kappa shape index (κ2) is 7.71. The van der Waals surface area contributed by atoms with Crippen LogP contribution in [0, 0.1) is 0 Å². The lowest BCUT2D eigenvalue weighted by Gasteiger charge is -2.08. The van der Waals surface area contributed by atoms with E-state index in [0.717, 1.165) is 25.4 Å². The van der Waals surface area contributed by atoms with Crippen LogP contribution in [0.15, 0.2) is 29.2 Å². The zero-order chi connectivity index (χ0) is 11.8. The summed E-state index contributed by atoms with van der Waals surface area (Å²) >= 11 is 1.87. The van der Waals surface area contributed by atoms with Gasteiger partial charge in [-0.2, -0.15) is 0 Å². The summed E-state index contributed by atoms with van der Waals surface area (Å²) in [6.45, 7) is 5.71. The quantitative estimate of drug-likeness (QED) is 0.586. The smallest absolute Gasteiger partial charge is 0.0473 e. The Balaban J connectivity index is 2.33. The third kappa shape index (κ3) is 5.01. The number of rotatable bonds is 7. The molecule has 0 aliphatic heterocycles. The van der Waals surface area contributed by atoms with Crippen LogP contribution in [0.5, 0.6) is 0 Å². The predicted molar refractivity (Wildman–Crippen MR) is 70.9 cm³/mol. The molecule has 2 N–H and O–H groups in total. The van der Waals surface area contributed by atoms with E-state index in [1.807, 2.05) is 25.6 Å². The minimum absolute atomic E-state index is 0.115. The van der Waals surface area contributed by atoms with Gasteiger partial charge in [-0.15, -0.1) is 11.8 Å². The van der Waals surface area contributed by atoms with Gasteiger partial charge in [-0.3, -0.25) is 0 Å². The average Bonchev–Trinajstić information content (AvgIpc) is 2.29. The number of benzene rings is 1. The van der Waals surface area contributed by atoms with Crippen LogP contribution >= 0.6 is 11.8 Å². The molecule has 0 saturated carbocycles. The van der Waals surface area contributed by atoms with Gasteiger partial charge in [0, 0.05) is 29.9 Å². The van der Waals surface area contributed by atoms with Crippen molar-refractivity contribution in [3.63, 3.8) is 0 Å². The van der Waals surface area contributed by atoms with E-state index in [1.165, 1.54) is 10.5 Å². The zero-order valence-electron chi connectivity index (χ0n) is 10.1. The highest BCUT2D eigenvalue weighted by atomic mass is 32.2. The summed E-state index contributed by atoms with van der Waals surface area (Å²) in [6, 6.07) is 8.58. The van der Waals surface area contributed by atoms with Gasteiger partial charge in [0.1, 0.15) is 0 Å². The van der Waals surface area contributed by atoms with Gasteiger partial charge < -0.3 is 10.5 Å². The maximum absolute atomic E-state index is 5.85. The summed E-state index contributed by atoms with van der Waals surface area (Å²) in [7, 11) is 0. The van der Waals surface area contributed by atoms with Crippen LogP contribution in [0.1, 0.15) is 31.9 Å². The molecule has 1 rings (SSSR count). The average molecular weight is 239 g/mol. The first-order valence-corrected chi connectivity index (χ1v) is 6.78. The zero-order valence-corrected chi connectivity index (χ0v) is 10.9. The minimum atomic E-state index is 0.115. The molecule has 1 unspecified atom stereocenters. The van der Waals surface area contributed by atoms with Crippen LogP contribution in [-0.2, 0) is 4.74 Å². The Hall–Kier alpha value is -0.510. The van der Waals surface area contributed by atoms with E-state index >= 15 is 0 Å². The molecule has 0 aliphatic rings. The molecule has 16 heavy (non-hydrogen) atoms. The van der Waals surface area contributed by atoms with E-state index in [1.54, 1.807) is 0 Å². The first kappa shape index (κ1) is 13.6. The highest BCUT2D eigenvalue weighted by Gasteiger charge is 2.00. The molecule has 0 saturated heterocycles. The summed E-state index contributed by atoms with van der Waals surface area (Å²) in [5.41, 5.74) is 7.05. The molecule has 0 aromatic heterocycles. The number of nitrogens with two attached hydrogens (primary N) is 1. The van der Waals surface area contributed by atoms with Crippen LogP contribution < -0.4 is 5.73 Å². The van der Waals surface area contributed by atoms with Gasteiger partial charge >= 0.3 is 0 Å². The van der Waals surface area contributed by atoms with Crippen molar-refractivity contribution in [3.8, 4) is 0 Å². The molecule has 0 radical (unpaired) electrons. The Morgan fingerprint density at radius 3 is 2.94 bits per heavy atom. The number of hydrogen-bond acceptors (Lipinski definition) is 3. The summed E-state index contributed by atoms with van der Waals surface area (Å²) in [5, 5.41) is 0. The van der Waals surface area contributed by atoms with Crippen molar-refractivity contribution in [2.24, 2.45) is 5.73 Å². The largest absolute Gasteiger partial charge is 0.382 e. The Morgan fingerprint density at radius 1 is 1.44 bits per heavy atom. The SMILES string of the molecule is CCOCCCSc1cccc(C(C)N)c1. The van der Waals surface area contributed by atoms with Gasteiger partial charge in [-0.05, 0) is 38.0 Å². The van der Waals surface area contributed by atoms with E-state index in [2.05, 4.69) is 24.3 Å². The van der Waals surface area contributed by atoms with Crippen molar-refractivity contribution in [3.05, 3.63) is 29.8 Å². The normalized spacial score (nSPS) is 12.7. The topological polar surface area (TPSA) is 35.2 Å². The molecule has 2 nitrogen and oxygen atoms in total. The lowest BCUT2D eigenvalue weighted by Crippen LogP contribution is -2.04. The summed E-state index contributed by atoms with van der Waals surface area (Å²) in [5.74, 6) is 1.10. The highest BCUT2D eigenvalue weighted by Crippen LogP contribution is 2.22. The van der Waals surface area contributed by atoms with Crippen LogP contribution in [0.4, 0.5) is 0 Å². The second-order valence-corrected chi connectivity index (χ2v) is 4.93. The van der Waals surface area contributed by atoms with E-state index < -0.39 is 0 Å². The molecule has 90 valence electrons. The summed E-state index contributed by atoms with van der Waals surface area (Å²) in [6.07, 6.45) is 1.10.